The molecule has 0 aliphatic carbocycles. The number of nitrogens with two attached hydrogens (primary N) is 1. The number of hydrogen-bond acceptors (Lipinski definition) is 1. The van der Waals surface area contributed by atoms with Crippen molar-refractivity contribution in [3.05, 3.63) is 0 Å². The molecule has 0 aliphatic heterocycles. The van der Waals surface area contributed by atoms with Gasteiger partial charge in [0.25, 0.3) is 0 Å². The Morgan fingerprint density at radius 1 is 1.11 bits per heavy atom. The molecule has 1 nitrogen and oxygen atoms in total. The first-order chi connectivity index (χ1) is 3.00. The van der Waals surface area contributed by atoms with Crippen LogP contribution < -0.4 is 5.73 Å². The predicted molar refractivity (Wildman–Crippen MR) is 59.6 cm³/mol. The smallest absolute Gasteiger partial charge is 1.00 e. The van der Waals surface area contributed by atoms with Gasteiger partial charge < -0.3 is 8.59 Å². The predicted octanol–water partition coefficient (Wildman–Crippen LogP) is 2.42. The molecule has 0 radical (unpaired) electrons. The zero-order chi connectivity index (χ0) is 6.50. The van der Waals surface area contributed by atoms with E-state index < -0.39 is 11.5 Å². The molecular weight excluding hydrogens is 641 g/mol. The van der Waals surface area contributed by atoms with Gasteiger partial charge in [-0.1, -0.05) is 0 Å². The molecule has 0 fully saturated rings. The van der Waals surface area contributed by atoms with E-state index >= 15 is 0 Å². The summed E-state index contributed by atoms with van der Waals surface area (Å²) in [6.07, 6.45) is 0. The Hall–Kier alpha value is 4.78. The molecule has 0 rings (SSSR count). The Balaban J connectivity index is -0.00000000972. The van der Waals surface area contributed by atoms with Crippen LogP contribution in [-0.2, 0) is 21.7 Å². The second kappa shape index (κ2) is 15.3. The first-order valence-electron chi connectivity index (χ1n) is 1.33. The van der Waals surface area contributed by atoms with Crippen LogP contribution in [0.2, 0.25) is 0 Å². The van der Waals surface area contributed by atoms with E-state index in [-0.39, 0.29) is 62.3 Å². The minimum atomic E-state index is -2.03. The van der Waals surface area contributed by atoms with Crippen molar-refractivity contribution >= 4 is 97.2 Å². The summed E-state index contributed by atoms with van der Waals surface area (Å²) < 4.78 is 0. The molecule has 0 atom stereocenters. The van der Waals surface area contributed by atoms with Gasteiger partial charge in [-0.05, 0) is 7.05 Å². The molecule has 9 heavy (non-hydrogen) atoms. The van der Waals surface area contributed by atoms with E-state index in [1.54, 1.807) is 0 Å². The van der Waals surface area contributed by atoms with Crippen LogP contribution >= 0.6 is 47.9 Å². The van der Waals surface area contributed by atoms with Crippen LogP contribution in [0.4, 0.5) is 0 Å². The average molecular weight is 648 g/mol. The Labute approximate surface area is 131 Å². The Morgan fingerprint density at radius 3 is 1.11 bits per heavy atom. The summed E-state index contributed by atoms with van der Waals surface area (Å²) in [5.41, 5.74) is 4.50. The van der Waals surface area contributed by atoms with Crippen molar-refractivity contribution in [2.75, 3.05) is 7.05 Å². The molecule has 0 unspecified atom stereocenters. The largest absolute Gasteiger partial charge is 2.00 e. The third kappa shape index (κ3) is 65.0. The van der Waals surface area contributed by atoms with E-state index in [1.165, 1.54) is 7.05 Å². The van der Waals surface area contributed by atoms with Gasteiger partial charge in [0.2, 0.25) is 0 Å². The van der Waals surface area contributed by atoms with Crippen LogP contribution in [0.5, 0.6) is 0 Å². The maximum Gasteiger partial charge on any atom is 2.00 e. The third-order valence-electron chi connectivity index (χ3n) is 0. The fourth-order valence-electron chi connectivity index (χ4n) is 0. The van der Waals surface area contributed by atoms with Crippen LogP contribution in [-0.4, -0.2) is 56.3 Å². The number of rotatable bonds is 0. The molecule has 0 bridgehead atoms. The summed E-state index contributed by atoms with van der Waals surface area (Å²) in [4.78, 5) is 0. The molecular formula is CH7Br4CaNPbTi. The molecule has 0 spiro atoms. The fourth-order valence-corrected chi connectivity index (χ4v) is 0. The molecule has 0 saturated carbocycles. The zero-order valence-corrected chi connectivity index (χ0v) is 18.8. The van der Waals surface area contributed by atoms with Crippen molar-refractivity contribution in [3.63, 3.8) is 0 Å². The van der Waals surface area contributed by atoms with Gasteiger partial charge in [0.05, 0.1) is 0 Å². The van der Waals surface area contributed by atoms with E-state index in [9.17, 15) is 0 Å². The van der Waals surface area contributed by atoms with Crippen LogP contribution in [0.25, 0.3) is 0 Å². The molecule has 54 valence electrons. The summed E-state index contributed by atoms with van der Waals surface area (Å²) in [6, 6.07) is 0. The van der Waals surface area contributed by atoms with E-state index in [0.717, 1.165) is 0 Å². The minimum absolute atomic E-state index is 0. The second-order valence-electron chi connectivity index (χ2n) is 0.429. The molecule has 0 heterocycles. The number of hydrogen-bond donors (Lipinski definition) is 1. The summed E-state index contributed by atoms with van der Waals surface area (Å²) in [5, 5.41) is 0. The summed E-state index contributed by atoms with van der Waals surface area (Å²) >= 11 is 11.4. The van der Waals surface area contributed by atoms with E-state index in [4.69, 9.17) is 0 Å². The fraction of sp³-hybridized carbons (Fsp3) is 1.00. The van der Waals surface area contributed by atoms with Gasteiger partial charge in [-0.3, -0.25) is 0 Å². The third-order valence-corrected chi connectivity index (χ3v) is 0. The molecule has 8 heteroatoms. The van der Waals surface area contributed by atoms with Crippen LogP contribution in [0, 0.1) is 0 Å². The monoisotopic (exact) mass is 645 g/mol. The van der Waals surface area contributed by atoms with Gasteiger partial charge in [0.1, 0.15) is 0 Å². The standard InChI is InChI=1S/CH5N.4BrH.Ca.Pb.Ti.2H/c1-2;;;;;;;;;/h2H2,1H3;4*1H;;;;;/q;;;;;+2;+4;;2*-1/p-4. The van der Waals surface area contributed by atoms with Crippen molar-refractivity contribution in [3.8, 4) is 0 Å². The van der Waals surface area contributed by atoms with Crippen molar-refractivity contribution in [2.45, 2.75) is 0 Å². The first kappa shape index (κ1) is 23.5. The Morgan fingerprint density at radius 2 is 1.11 bits per heavy atom. The number of halogens is 4. The maximum absolute atomic E-state index is 4.50. The van der Waals surface area contributed by atoms with Crippen LogP contribution in [0.1, 0.15) is 2.85 Å². The van der Waals surface area contributed by atoms with Gasteiger partial charge in [-0.25, -0.2) is 0 Å². The molecule has 0 saturated heterocycles. The van der Waals surface area contributed by atoms with Gasteiger partial charge in [0, 0.05) is 21.7 Å². The van der Waals surface area contributed by atoms with E-state index in [2.05, 4.69) is 53.7 Å². The summed E-state index contributed by atoms with van der Waals surface area (Å²) in [6.45, 7) is 0. The molecule has 2 N–H and O–H groups in total. The summed E-state index contributed by atoms with van der Waals surface area (Å²) in [7, 11) is 1.50. The van der Waals surface area contributed by atoms with Crippen molar-refractivity contribution in [1.82, 2.24) is 0 Å². The normalized spacial score (nSPS) is 7.33. The topological polar surface area (TPSA) is 26.0 Å². The SMILES string of the molecule is CN.[Br][Pb]([Br])([Br])[Br].[Ca+2].[H-].[H-].[Ti]. The van der Waals surface area contributed by atoms with Crippen LogP contribution in [0.15, 0.2) is 0 Å². The van der Waals surface area contributed by atoms with Gasteiger partial charge in [-0.2, -0.15) is 0 Å². The molecule has 0 aromatic carbocycles. The first-order valence-corrected chi connectivity index (χ1v) is 35.0. The molecule has 0 aliphatic rings. The van der Waals surface area contributed by atoms with Crippen molar-refractivity contribution in [1.29, 1.82) is 0 Å². The van der Waals surface area contributed by atoms with E-state index in [1.807, 2.05) is 0 Å². The Kier molecular flexibility index (Phi) is 39.9. The Bertz CT molecular complexity index is 43.6. The average Bonchev–Trinajstić information content (AvgIpc) is 1.36. The summed E-state index contributed by atoms with van der Waals surface area (Å²) in [5.74, 6) is 0. The van der Waals surface area contributed by atoms with Crippen molar-refractivity contribution < 1.29 is 24.6 Å². The van der Waals surface area contributed by atoms with E-state index in [0.29, 0.717) is 0 Å². The van der Waals surface area contributed by atoms with Gasteiger partial charge in [-0.15, -0.1) is 0 Å². The molecule has 0 amide bonds. The zero-order valence-electron chi connectivity index (χ0n) is 6.80. The minimum Gasteiger partial charge on any atom is -1.00 e. The van der Waals surface area contributed by atoms with Gasteiger partial charge in [0.15, 0.2) is 0 Å². The second-order valence-corrected chi connectivity index (χ2v) is 102. The van der Waals surface area contributed by atoms with Crippen LogP contribution in [0.3, 0.4) is 0 Å². The van der Waals surface area contributed by atoms with Crippen molar-refractivity contribution in [2.24, 2.45) is 5.73 Å². The molecule has 0 aromatic heterocycles. The molecule has 0 aromatic rings. The van der Waals surface area contributed by atoms with Gasteiger partial charge >= 0.3 is 97.2 Å². The maximum atomic E-state index is 4.50. The quantitative estimate of drug-likeness (QED) is 0.402.